The van der Waals surface area contributed by atoms with Gasteiger partial charge in [0, 0.05) is 34.1 Å². The second-order valence-electron chi connectivity index (χ2n) is 4.66. The average Bonchev–Trinajstić information content (AvgIpc) is 2.57. The minimum atomic E-state index is -3.08. The number of halogens is 6. The Balaban J connectivity index is -0.0000000442. The standard InChI is InChI=1S/C4H9NSi.C3H3BN2O.C3H9BO3.2CF3.2K/c1-6(2,3)4-5;1-7-4(2-5)3-6;1-5-4(6-2)7-3;2*2-1(3)4;;/h1-3H3;1H3;1-3H3;;;;/q;;;2*-1;2*+1. The molecule has 0 aromatic heterocycles. The molecule has 0 aliphatic heterocycles. The first kappa shape index (κ1) is 48.8. The number of hydrogen-bond donors (Lipinski definition) is 0. The number of hydrogen-bond acceptors (Lipinski definition) is 7. The SMILES string of the molecule is COB(C#N)C#N.COB(OC)OC.C[Si](C)(C)C#N.F[C-](F)F.F[C-](F)F.[K+].[K+]. The summed E-state index contributed by atoms with van der Waals surface area (Å²) in [7, 11) is 4.01. The van der Waals surface area contributed by atoms with Gasteiger partial charge in [-0.05, 0) is 0 Å². The zero-order valence-electron chi connectivity index (χ0n) is 18.4. The van der Waals surface area contributed by atoms with Crippen molar-refractivity contribution >= 4 is 22.3 Å². The molecule has 0 saturated heterocycles. The topological polar surface area (TPSA) is 108 Å². The van der Waals surface area contributed by atoms with Crippen molar-refractivity contribution < 1.29 is 148 Å². The van der Waals surface area contributed by atoms with E-state index in [1.54, 1.807) is 11.9 Å². The molecule has 0 unspecified atom stereocenters. The fourth-order valence-electron chi connectivity index (χ4n) is 0.423. The Morgan fingerprint density at radius 3 is 0.867 bits per heavy atom. The second-order valence-corrected chi connectivity index (χ2v) is 9.38. The molecule has 0 heterocycles. The van der Waals surface area contributed by atoms with Gasteiger partial charge in [-0.2, -0.15) is 0 Å². The molecule has 0 aromatic carbocycles. The summed E-state index contributed by atoms with van der Waals surface area (Å²) in [6.45, 7) is -1.01. The van der Waals surface area contributed by atoms with E-state index in [4.69, 9.17) is 15.8 Å². The van der Waals surface area contributed by atoms with E-state index in [0.717, 1.165) is 0 Å². The molecule has 0 bridgehead atoms. The fraction of sp³-hybridized carbons (Fsp3) is 0.583. The summed E-state index contributed by atoms with van der Waals surface area (Å²) < 4.78 is 75.6. The van der Waals surface area contributed by atoms with E-state index in [2.05, 4.69) is 24.3 Å². The van der Waals surface area contributed by atoms with Crippen molar-refractivity contribution in [3.63, 3.8) is 0 Å². The van der Waals surface area contributed by atoms with Crippen LogP contribution in [-0.2, 0) is 18.6 Å². The summed E-state index contributed by atoms with van der Waals surface area (Å²) in [4.78, 5) is 0. The molecule has 0 amide bonds. The minimum absolute atomic E-state index is 0. The van der Waals surface area contributed by atoms with Gasteiger partial charge in [-0.15, -0.1) is 0 Å². The normalized spacial score (nSPS) is 8.00. The third-order valence-corrected chi connectivity index (χ3v) is 2.05. The zero-order valence-corrected chi connectivity index (χ0v) is 25.6. The molecule has 0 aliphatic rings. The first-order valence-corrected chi connectivity index (χ1v) is 10.2. The summed E-state index contributed by atoms with van der Waals surface area (Å²) >= 11 is 0. The van der Waals surface area contributed by atoms with Crippen LogP contribution in [0.3, 0.4) is 0 Å². The van der Waals surface area contributed by atoms with Crippen molar-refractivity contribution in [2.24, 2.45) is 0 Å². The third kappa shape index (κ3) is 88.0. The van der Waals surface area contributed by atoms with Crippen molar-refractivity contribution in [2.75, 3.05) is 28.4 Å². The molecule has 18 heteroatoms. The third-order valence-electron chi connectivity index (χ3n) is 1.38. The molecule has 0 aliphatic carbocycles. The predicted octanol–water partition coefficient (Wildman–Crippen LogP) is -2.26. The van der Waals surface area contributed by atoms with Gasteiger partial charge in [0.05, 0.1) is 11.9 Å². The van der Waals surface area contributed by atoms with Crippen molar-refractivity contribution in [1.29, 1.82) is 15.8 Å². The Morgan fingerprint density at radius 1 is 0.667 bits per heavy atom. The molecular weight excluding hydrogens is 492 g/mol. The maximum absolute atomic E-state index is 9.58. The Morgan fingerprint density at radius 2 is 0.867 bits per heavy atom. The number of nitriles is 3. The smallest absolute Gasteiger partial charge is 0.414 e. The van der Waals surface area contributed by atoms with Gasteiger partial charge in [-0.25, -0.2) is 15.8 Å². The summed E-state index contributed by atoms with van der Waals surface area (Å²) in [5, 5.41) is 24.1. The average molecular weight is 513 g/mol. The van der Waals surface area contributed by atoms with E-state index >= 15 is 0 Å². The summed E-state index contributed by atoms with van der Waals surface area (Å²) in [5.74, 6) is 3.24. The monoisotopic (exact) mass is 513 g/mol. The fourth-order valence-corrected chi connectivity index (χ4v) is 0.423. The van der Waals surface area contributed by atoms with Crippen molar-refractivity contribution in [3.8, 4) is 17.6 Å². The van der Waals surface area contributed by atoms with Crippen LogP contribution in [0.5, 0.6) is 0 Å². The van der Waals surface area contributed by atoms with Crippen LogP contribution in [0.25, 0.3) is 0 Å². The predicted molar refractivity (Wildman–Crippen MR) is 92.9 cm³/mol. The van der Waals surface area contributed by atoms with E-state index in [9.17, 15) is 26.3 Å². The van der Waals surface area contributed by atoms with E-state index < -0.39 is 35.7 Å². The molecule has 0 rings (SSSR count). The molecule has 0 saturated carbocycles. The summed E-state index contributed by atoms with van der Waals surface area (Å²) in [6.07, 6.45) is 0. The Kier molecular flexibility index (Phi) is 61.5. The first-order valence-electron chi connectivity index (χ1n) is 6.71. The maximum atomic E-state index is 9.58. The van der Waals surface area contributed by atoms with Gasteiger partial charge in [0.1, 0.15) is 0 Å². The number of nitrogens with zero attached hydrogens (tertiary/aromatic N) is 3. The van der Waals surface area contributed by atoms with Crippen molar-refractivity contribution in [2.45, 2.75) is 19.6 Å². The van der Waals surface area contributed by atoms with E-state index in [-0.39, 0.29) is 103 Å². The van der Waals surface area contributed by atoms with Crippen LogP contribution in [0.15, 0.2) is 0 Å². The quantitative estimate of drug-likeness (QED) is 0.237. The molecule has 0 radical (unpaired) electrons. The molecule has 162 valence electrons. The Hall–Kier alpha value is 1.51. The Labute approximate surface area is 260 Å². The first-order chi connectivity index (χ1) is 12.7. The zero-order chi connectivity index (χ0) is 23.8. The largest absolute Gasteiger partial charge is 1.00 e. The van der Waals surface area contributed by atoms with E-state index in [0.29, 0.717) is 0 Å². The minimum Gasteiger partial charge on any atom is -0.414 e. The van der Waals surface area contributed by atoms with Crippen LogP contribution in [0.1, 0.15) is 0 Å². The van der Waals surface area contributed by atoms with Gasteiger partial charge < -0.3 is 45.0 Å². The molecule has 30 heavy (non-hydrogen) atoms. The van der Waals surface area contributed by atoms with Gasteiger partial charge in [0.2, 0.25) is 0 Å². The van der Waals surface area contributed by atoms with Crippen LogP contribution < -0.4 is 103 Å². The summed E-state index contributed by atoms with van der Waals surface area (Å²) in [5.41, 5.74) is 2.24. The van der Waals surface area contributed by atoms with Gasteiger partial charge in [-0.1, -0.05) is 19.6 Å². The van der Waals surface area contributed by atoms with Gasteiger partial charge >= 0.3 is 117 Å². The number of rotatable bonds is 4. The van der Waals surface area contributed by atoms with Gasteiger partial charge in [0.15, 0.2) is 21.4 Å². The second kappa shape index (κ2) is 37.8. The van der Waals surface area contributed by atoms with E-state index in [1.165, 1.54) is 28.4 Å². The Bertz CT molecular complexity index is 421. The van der Waals surface area contributed by atoms with Gasteiger partial charge in [-0.3, -0.25) is 0 Å². The molecule has 0 atom stereocenters. The maximum Gasteiger partial charge on any atom is 1.00 e. The summed E-state index contributed by atoms with van der Waals surface area (Å²) in [6, 6.07) is 0. The van der Waals surface area contributed by atoms with Crippen LogP contribution >= 0.6 is 0 Å². The van der Waals surface area contributed by atoms with Gasteiger partial charge in [0.25, 0.3) is 0 Å². The van der Waals surface area contributed by atoms with Crippen molar-refractivity contribution in [3.05, 3.63) is 13.4 Å². The molecule has 0 fully saturated rings. The molecular formula is C12H21B2F6K2N3O4Si. The molecule has 7 nitrogen and oxygen atoms in total. The molecule has 0 spiro atoms. The van der Waals surface area contributed by atoms with E-state index in [1.807, 2.05) is 19.6 Å². The van der Waals surface area contributed by atoms with Crippen LogP contribution in [-0.4, -0.2) is 50.7 Å². The van der Waals surface area contributed by atoms with Crippen LogP contribution in [0.4, 0.5) is 26.3 Å². The van der Waals surface area contributed by atoms with Crippen molar-refractivity contribution in [1.82, 2.24) is 0 Å². The van der Waals surface area contributed by atoms with Crippen LogP contribution in [0.2, 0.25) is 19.6 Å². The molecule has 0 aromatic rings. The van der Waals surface area contributed by atoms with Crippen LogP contribution in [0, 0.1) is 46.8 Å². The molecule has 0 N–H and O–H groups in total.